The van der Waals surface area contributed by atoms with Crippen LogP contribution in [0.1, 0.15) is 24.8 Å². The smallest absolute Gasteiger partial charge is 0.368 e. The SMILES string of the molecule is C=C(CCNC(=O)COC1CC(OC(F)(F)F)C1)c1cnn(-c2ccc(Cl)cc2)c1. The van der Waals surface area contributed by atoms with Crippen LogP contribution in [0.25, 0.3) is 11.3 Å². The lowest BCUT2D eigenvalue weighted by molar-refractivity contribution is -0.357. The molecule has 1 aliphatic rings. The van der Waals surface area contributed by atoms with Crippen LogP contribution in [-0.4, -0.2) is 47.4 Å². The number of hydrogen-bond acceptors (Lipinski definition) is 4. The molecule has 0 bridgehead atoms. The van der Waals surface area contributed by atoms with Crippen molar-refractivity contribution in [1.29, 1.82) is 0 Å². The molecule has 2 aromatic rings. The monoisotopic (exact) mass is 443 g/mol. The highest BCUT2D eigenvalue weighted by Crippen LogP contribution is 2.32. The van der Waals surface area contributed by atoms with Gasteiger partial charge in [0.25, 0.3) is 0 Å². The molecule has 10 heteroatoms. The molecule has 30 heavy (non-hydrogen) atoms. The molecule has 0 unspecified atom stereocenters. The molecule has 0 saturated heterocycles. The summed E-state index contributed by atoms with van der Waals surface area (Å²) < 4.78 is 47.0. The molecule has 1 heterocycles. The summed E-state index contributed by atoms with van der Waals surface area (Å²) in [4.78, 5) is 11.8. The minimum atomic E-state index is -4.64. The Bertz CT molecular complexity index is 877. The topological polar surface area (TPSA) is 65.4 Å². The molecular weight excluding hydrogens is 423 g/mol. The fraction of sp³-hybridized carbons (Fsp3) is 0.400. The average molecular weight is 444 g/mol. The third-order valence-electron chi connectivity index (χ3n) is 4.63. The summed E-state index contributed by atoms with van der Waals surface area (Å²) in [5, 5.41) is 7.64. The predicted octanol–water partition coefficient (Wildman–Crippen LogP) is 4.13. The van der Waals surface area contributed by atoms with Crippen LogP contribution < -0.4 is 5.32 Å². The fourth-order valence-electron chi connectivity index (χ4n) is 2.92. The average Bonchev–Trinajstić information content (AvgIpc) is 3.13. The maximum Gasteiger partial charge on any atom is 0.522 e. The Morgan fingerprint density at radius 3 is 2.63 bits per heavy atom. The van der Waals surface area contributed by atoms with Gasteiger partial charge in [-0.15, -0.1) is 13.2 Å². The molecule has 1 aromatic carbocycles. The fourth-order valence-corrected chi connectivity index (χ4v) is 3.05. The second-order valence-corrected chi connectivity index (χ2v) is 7.38. The highest BCUT2D eigenvalue weighted by molar-refractivity contribution is 6.30. The Hall–Kier alpha value is -2.36. The normalized spacial score (nSPS) is 18.7. The van der Waals surface area contributed by atoms with Crippen molar-refractivity contribution in [3.8, 4) is 5.69 Å². The number of nitrogens with zero attached hydrogens (tertiary/aromatic N) is 2. The molecule has 1 N–H and O–H groups in total. The number of nitrogens with one attached hydrogen (secondary N) is 1. The van der Waals surface area contributed by atoms with E-state index in [4.69, 9.17) is 16.3 Å². The molecule has 1 aromatic heterocycles. The lowest BCUT2D eigenvalue weighted by Gasteiger charge is -2.34. The van der Waals surface area contributed by atoms with Crippen LogP contribution in [0.4, 0.5) is 13.2 Å². The third-order valence-corrected chi connectivity index (χ3v) is 4.88. The number of carbonyl (C=O) groups excluding carboxylic acids is 1. The first-order valence-electron chi connectivity index (χ1n) is 9.31. The van der Waals surface area contributed by atoms with E-state index in [0.717, 1.165) is 16.8 Å². The van der Waals surface area contributed by atoms with Crippen molar-refractivity contribution in [2.75, 3.05) is 13.2 Å². The molecule has 1 fully saturated rings. The number of aromatic nitrogens is 2. The van der Waals surface area contributed by atoms with Crippen LogP contribution >= 0.6 is 11.6 Å². The van der Waals surface area contributed by atoms with E-state index in [1.165, 1.54) is 0 Å². The van der Waals surface area contributed by atoms with Gasteiger partial charge in [0.1, 0.15) is 6.61 Å². The van der Waals surface area contributed by atoms with Gasteiger partial charge >= 0.3 is 6.36 Å². The number of amides is 1. The summed E-state index contributed by atoms with van der Waals surface area (Å²) in [6.45, 7) is 4.17. The van der Waals surface area contributed by atoms with Gasteiger partial charge in [-0.3, -0.25) is 9.53 Å². The van der Waals surface area contributed by atoms with Gasteiger partial charge in [0, 0.05) is 36.2 Å². The van der Waals surface area contributed by atoms with Crippen LogP contribution in [-0.2, 0) is 14.3 Å². The molecule has 6 nitrogen and oxygen atoms in total. The van der Waals surface area contributed by atoms with Crippen molar-refractivity contribution >= 4 is 23.1 Å². The van der Waals surface area contributed by atoms with Crippen molar-refractivity contribution in [2.24, 2.45) is 0 Å². The third kappa shape index (κ3) is 6.58. The van der Waals surface area contributed by atoms with E-state index in [1.807, 2.05) is 18.3 Å². The van der Waals surface area contributed by atoms with Gasteiger partial charge in [-0.1, -0.05) is 18.2 Å². The van der Waals surface area contributed by atoms with Gasteiger partial charge < -0.3 is 10.1 Å². The lowest BCUT2D eigenvalue weighted by atomic mass is 9.92. The largest absolute Gasteiger partial charge is 0.522 e. The van der Waals surface area contributed by atoms with Crippen molar-refractivity contribution in [3.63, 3.8) is 0 Å². The second kappa shape index (κ2) is 9.63. The van der Waals surface area contributed by atoms with Crippen LogP contribution in [0.15, 0.2) is 43.2 Å². The molecular formula is C20H21ClF3N3O3. The van der Waals surface area contributed by atoms with Crippen LogP contribution in [0.2, 0.25) is 5.02 Å². The predicted molar refractivity (Wildman–Crippen MR) is 105 cm³/mol. The summed E-state index contributed by atoms with van der Waals surface area (Å²) in [5.41, 5.74) is 2.52. The Balaban J connectivity index is 1.33. The van der Waals surface area contributed by atoms with Crippen molar-refractivity contribution in [3.05, 3.63) is 53.8 Å². The first kappa shape index (κ1) is 22.3. The van der Waals surface area contributed by atoms with E-state index in [1.54, 1.807) is 23.0 Å². The summed E-state index contributed by atoms with van der Waals surface area (Å²) in [6.07, 6.45) is -1.62. The van der Waals surface area contributed by atoms with Crippen LogP contribution in [0.5, 0.6) is 0 Å². The van der Waals surface area contributed by atoms with E-state index >= 15 is 0 Å². The Labute approximate surface area is 176 Å². The molecule has 162 valence electrons. The molecule has 0 spiro atoms. The number of carbonyl (C=O) groups is 1. The molecule has 0 aliphatic heterocycles. The zero-order valence-electron chi connectivity index (χ0n) is 16.0. The quantitative estimate of drug-likeness (QED) is 0.633. The first-order valence-corrected chi connectivity index (χ1v) is 9.69. The van der Waals surface area contributed by atoms with E-state index < -0.39 is 18.6 Å². The Kier molecular flexibility index (Phi) is 7.17. The number of halogens is 4. The summed E-state index contributed by atoms with van der Waals surface area (Å²) in [7, 11) is 0. The number of ether oxygens (including phenoxy) is 2. The standard InChI is InChI=1S/C20H21ClF3N3O3/c1-13(14-10-26-27(11-14)16-4-2-15(21)3-5-16)6-7-25-19(28)12-29-17-8-18(9-17)30-20(22,23)24/h2-5,10-11,17-18H,1,6-9,12H2,(H,25,28). The van der Waals surface area contributed by atoms with E-state index in [-0.39, 0.29) is 25.4 Å². The number of benzene rings is 1. The molecule has 1 saturated carbocycles. The van der Waals surface area contributed by atoms with Crippen LogP contribution in [0.3, 0.4) is 0 Å². The second-order valence-electron chi connectivity index (χ2n) is 6.94. The van der Waals surface area contributed by atoms with E-state index in [2.05, 4.69) is 21.7 Å². The van der Waals surface area contributed by atoms with E-state index in [9.17, 15) is 18.0 Å². The zero-order valence-corrected chi connectivity index (χ0v) is 16.7. The van der Waals surface area contributed by atoms with Gasteiger partial charge in [-0.2, -0.15) is 5.10 Å². The van der Waals surface area contributed by atoms with Gasteiger partial charge in [0.15, 0.2) is 0 Å². The molecule has 1 amide bonds. The minimum absolute atomic E-state index is 0.126. The van der Waals surface area contributed by atoms with Gasteiger partial charge in [-0.25, -0.2) is 4.68 Å². The molecule has 0 radical (unpaired) electrons. The van der Waals surface area contributed by atoms with Gasteiger partial charge in [0.2, 0.25) is 5.91 Å². The zero-order chi connectivity index (χ0) is 21.7. The molecule has 3 rings (SSSR count). The number of rotatable bonds is 9. The summed E-state index contributed by atoms with van der Waals surface area (Å²) >= 11 is 5.88. The Morgan fingerprint density at radius 2 is 1.97 bits per heavy atom. The Morgan fingerprint density at radius 1 is 1.27 bits per heavy atom. The number of hydrogen-bond donors (Lipinski definition) is 1. The van der Waals surface area contributed by atoms with Crippen molar-refractivity contribution < 1.29 is 27.4 Å². The van der Waals surface area contributed by atoms with Crippen LogP contribution in [0, 0.1) is 0 Å². The van der Waals surface area contributed by atoms with Gasteiger partial charge in [-0.05, 0) is 36.3 Å². The highest BCUT2D eigenvalue weighted by atomic mass is 35.5. The highest BCUT2D eigenvalue weighted by Gasteiger charge is 2.40. The van der Waals surface area contributed by atoms with Crippen molar-refractivity contribution in [2.45, 2.75) is 37.8 Å². The number of alkyl halides is 3. The molecule has 1 aliphatic carbocycles. The lowest BCUT2D eigenvalue weighted by Crippen LogP contribution is -2.42. The van der Waals surface area contributed by atoms with Gasteiger partial charge in [0.05, 0.1) is 24.1 Å². The summed E-state index contributed by atoms with van der Waals surface area (Å²) in [5.74, 6) is -0.333. The minimum Gasteiger partial charge on any atom is -0.368 e. The molecule has 0 atom stereocenters. The summed E-state index contributed by atoms with van der Waals surface area (Å²) in [6, 6.07) is 7.25. The maximum absolute atomic E-state index is 12.1. The van der Waals surface area contributed by atoms with Crippen molar-refractivity contribution in [1.82, 2.24) is 15.1 Å². The first-order chi connectivity index (χ1) is 14.2. The van der Waals surface area contributed by atoms with E-state index in [0.29, 0.717) is 18.0 Å². The maximum atomic E-state index is 12.1.